The molecule has 0 spiro atoms. The van der Waals surface area contributed by atoms with E-state index in [-0.39, 0.29) is 0 Å². The lowest BCUT2D eigenvalue weighted by molar-refractivity contribution is -0.922. The van der Waals surface area contributed by atoms with Crippen molar-refractivity contribution < 1.29 is 4.48 Å². The van der Waals surface area contributed by atoms with E-state index in [1.165, 1.54) is 12.8 Å². The predicted octanol–water partition coefficient (Wildman–Crippen LogP) is 1.88. The van der Waals surface area contributed by atoms with Crippen LogP contribution in [-0.2, 0) is 0 Å². The van der Waals surface area contributed by atoms with Crippen LogP contribution in [0.4, 0.5) is 0 Å². The minimum absolute atomic E-state index is 0.500. The molecule has 0 heterocycles. The van der Waals surface area contributed by atoms with Crippen LogP contribution in [-0.4, -0.2) is 31.2 Å². The Balaban J connectivity index is 2.65. The van der Waals surface area contributed by atoms with Gasteiger partial charge < -0.3 is 4.48 Å². The summed E-state index contributed by atoms with van der Waals surface area (Å²) >= 11 is 0. The molecule has 0 aromatic heterocycles. The summed E-state index contributed by atoms with van der Waals surface area (Å²) in [6, 6.07) is 0.758. The topological polar surface area (TPSA) is 0 Å². The van der Waals surface area contributed by atoms with Crippen LogP contribution in [0, 0.1) is 17.8 Å². The molecule has 0 bridgehead atoms. The van der Waals surface area contributed by atoms with Crippen LogP contribution in [0.5, 0.6) is 0 Å². The van der Waals surface area contributed by atoms with Crippen molar-refractivity contribution in [2.45, 2.75) is 32.7 Å². The highest BCUT2D eigenvalue weighted by molar-refractivity contribution is 4.92. The minimum atomic E-state index is 0.500. The Hall–Kier alpha value is -0.480. The molecule has 0 saturated heterocycles. The summed E-state index contributed by atoms with van der Waals surface area (Å²) < 4.78 is 0.990. The Labute approximate surface area is 76.4 Å². The average molecular weight is 166 g/mol. The Morgan fingerprint density at radius 2 is 2.08 bits per heavy atom. The summed E-state index contributed by atoms with van der Waals surface area (Å²) in [7, 11) is 4.48. The van der Waals surface area contributed by atoms with Gasteiger partial charge in [0.25, 0.3) is 0 Å². The van der Waals surface area contributed by atoms with Gasteiger partial charge in [-0.1, -0.05) is 13.8 Å². The highest BCUT2D eigenvalue weighted by Crippen LogP contribution is 2.45. The number of quaternary nitrogens is 1. The van der Waals surface area contributed by atoms with Crippen molar-refractivity contribution in [3.8, 4) is 12.3 Å². The van der Waals surface area contributed by atoms with Crippen LogP contribution in [0.3, 0.4) is 0 Å². The van der Waals surface area contributed by atoms with E-state index in [0.29, 0.717) is 5.41 Å². The number of terminal acetylenes is 1. The molecule has 1 atom stereocenters. The fourth-order valence-electron chi connectivity index (χ4n) is 2.49. The third-order valence-corrected chi connectivity index (χ3v) is 3.31. The van der Waals surface area contributed by atoms with Crippen molar-refractivity contribution in [3.63, 3.8) is 0 Å². The molecule has 1 saturated carbocycles. The Morgan fingerprint density at radius 3 is 2.33 bits per heavy atom. The van der Waals surface area contributed by atoms with E-state index in [4.69, 9.17) is 6.42 Å². The fourth-order valence-corrected chi connectivity index (χ4v) is 2.49. The van der Waals surface area contributed by atoms with E-state index in [1.54, 1.807) is 0 Å². The van der Waals surface area contributed by atoms with Gasteiger partial charge in [-0.3, -0.25) is 0 Å². The Morgan fingerprint density at radius 1 is 1.50 bits per heavy atom. The van der Waals surface area contributed by atoms with Gasteiger partial charge in [0.2, 0.25) is 0 Å². The average Bonchev–Trinajstić information content (AvgIpc) is 1.84. The molecule has 1 fully saturated rings. The molecule has 68 valence electrons. The first-order chi connectivity index (χ1) is 5.40. The molecular formula is C11H20N+. The zero-order valence-corrected chi connectivity index (χ0v) is 8.72. The quantitative estimate of drug-likeness (QED) is 0.434. The SMILES string of the molecule is C#CC[N+](C)(C)C1CCC1(C)C. The van der Waals surface area contributed by atoms with Crippen molar-refractivity contribution in [2.75, 3.05) is 20.6 Å². The first-order valence-corrected chi connectivity index (χ1v) is 4.66. The van der Waals surface area contributed by atoms with Gasteiger partial charge >= 0.3 is 0 Å². The monoisotopic (exact) mass is 166 g/mol. The second-order valence-corrected chi connectivity index (χ2v) is 5.18. The van der Waals surface area contributed by atoms with Gasteiger partial charge in [-0.25, -0.2) is 0 Å². The third-order valence-electron chi connectivity index (χ3n) is 3.31. The zero-order chi connectivity index (χ0) is 9.41. The number of hydrogen-bond acceptors (Lipinski definition) is 0. The molecule has 0 N–H and O–H groups in total. The highest BCUT2D eigenvalue weighted by Gasteiger charge is 2.48. The van der Waals surface area contributed by atoms with Crippen molar-refractivity contribution in [3.05, 3.63) is 0 Å². The maximum absolute atomic E-state index is 5.35. The number of rotatable bonds is 2. The maximum Gasteiger partial charge on any atom is 0.140 e. The Bertz CT molecular complexity index is 208. The van der Waals surface area contributed by atoms with Crippen LogP contribution in [0.1, 0.15) is 26.7 Å². The first-order valence-electron chi connectivity index (χ1n) is 4.66. The molecule has 0 aliphatic heterocycles. The van der Waals surface area contributed by atoms with Crippen LogP contribution >= 0.6 is 0 Å². The number of nitrogens with zero attached hydrogens (tertiary/aromatic N) is 1. The van der Waals surface area contributed by atoms with E-state index in [9.17, 15) is 0 Å². The second-order valence-electron chi connectivity index (χ2n) is 5.18. The lowest BCUT2D eigenvalue weighted by Gasteiger charge is -2.52. The van der Waals surface area contributed by atoms with Crippen LogP contribution < -0.4 is 0 Å². The number of hydrogen-bond donors (Lipinski definition) is 0. The lowest BCUT2D eigenvalue weighted by Crippen LogP contribution is -2.60. The van der Waals surface area contributed by atoms with Crippen molar-refractivity contribution in [2.24, 2.45) is 5.41 Å². The molecule has 0 amide bonds. The summed E-state index contributed by atoms with van der Waals surface area (Å²) in [5, 5.41) is 0. The van der Waals surface area contributed by atoms with Gasteiger partial charge in [-0.2, -0.15) is 0 Å². The molecule has 1 heteroatoms. The summed E-state index contributed by atoms with van der Waals surface area (Å²) in [6.45, 7) is 5.55. The molecule has 0 radical (unpaired) electrons. The van der Waals surface area contributed by atoms with E-state index in [2.05, 4.69) is 33.9 Å². The largest absolute Gasteiger partial charge is 0.316 e. The molecule has 12 heavy (non-hydrogen) atoms. The third kappa shape index (κ3) is 1.49. The van der Waals surface area contributed by atoms with E-state index < -0.39 is 0 Å². The molecule has 1 rings (SSSR count). The van der Waals surface area contributed by atoms with Crippen molar-refractivity contribution in [1.82, 2.24) is 0 Å². The second kappa shape index (κ2) is 2.78. The molecular weight excluding hydrogens is 146 g/mol. The molecule has 0 aromatic carbocycles. The minimum Gasteiger partial charge on any atom is -0.316 e. The zero-order valence-electron chi connectivity index (χ0n) is 8.72. The van der Waals surface area contributed by atoms with Crippen LogP contribution in [0.15, 0.2) is 0 Å². The summed E-state index contributed by atoms with van der Waals surface area (Å²) in [5.41, 5.74) is 0.500. The van der Waals surface area contributed by atoms with Gasteiger partial charge in [0, 0.05) is 11.8 Å². The summed E-state index contributed by atoms with van der Waals surface area (Å²) in [6.07, 6.45) is 8.04. The van der Waals surface area contributed by atoms with Gasteiger partial charge in [0.15, 0.2) is 0 Å². The summed E-state index contributed by atoms with van der Waals surface area (Å²) in [5.74, 6) is 2.77. The van der Waals surface area contributed by atoms with E-state index >= 15 is 0 Å². The van der Waals surface area contributed by atoms with Gasteiger partial charge in [-0.15, -0.1) is 6.42 Å². The lowest BCUT2D eigenvalue weighted by atomic mass is 9.66. The van der Waals surface area contributed by atoms with E-state index in [1.807, 2.05) is 0 Å². The first kappa shape index (κ1) is 9.61. The Kier molecular flexibility index (Phi) is 2.23. The van der Waals surface area contributed by atoms with Crippen molar-refractivity contribution >= 4 is 0 Å². The molecule has 1 aliphatic carbocycles. The molecule has 1 nitrogen and oxygen atoms in total. The van der Waals surface area contributed by atoms with Gasteiger partial charge in [0.05, 0.1) is 20.1 Å². The van der Waals surface area contributed by atoms with Gasteiger partial charge in [0.1, 0.15) is 6.54 Å². The van der Waals surface area contributed by atoms with Crippen molar-refractivity contribution in [1.29, 1.82) is 0 Å². The summed E-state index contributed by atoms with van der Waals surface area (Å²) in [4.78, 5) is 0. The van der Waals surface area contributed by atoms with E-state index in [0.717, 1.165) is 17.1 Å². The molecule has 0 aromatic rings. The van der Waals surface area contributed by atoms with Gasteiger partial charge in [-0.05, 0) is 12.3 Å². The normalized spacial score (nSPS) is 27.4. The molecule has 1 unspecified atom stereocenters. The maximum atomic E-state index is 5.35. The standard InChI is InChI=1S/C11H20N/c1-6-9-12(4,5)10-7-8-11(10,2)3/h1,10H,7-9H2,2-5H3/q+1. The predicted molar refractivity (Wildman–Crippen MR) is 52.6 cm³/mol. The van der Waals surface area contributed by atoms with Crippen LogP contribution in [0.25, 0.3) is 0 Å². The smallest absolute Gasteiger partial charge is 0.140 e. The highest BCUT2D eigenvalue weighted by atomic mass is 15.3. The fraction of sp³-hybridized carbons (Fsp3) is 0.818. The molecule has 1 aliphatic rings. The van der Waals surface area contributed by atoms with Crippen LogP contribution in [0.2, 0.25) is 0 Å².